The molecule has 1 aromatic heterocycles. The Morgan fingerprint density at radius 1 is 1.06 bits per heavy atom. The van der Waals surface area contributed by atoms with Gasteiger partial charge in [-0.15, -0.1) is 6.58 Å². The van der Waals surface area contributed by atoms with Crippen molar-refractivity contribution in [3.05, 3.63) is 83.8 Å². The molecule has 0 bridgehead atoms. The monoisotopic (exact) mass is 490 g/mol. The summed E-state index contributed by atoms with van der Waals surface area (Å²) < 4.78 is 13.3. The minimum atomic E-state index is -0.183. The van der Waals surface area contributed by atoms with Gasteiger partial charge in [0.1, 0.15) is 5.82 Å². The number of aromatic nitrogens is 1. The Balaban J connectivity index is 0.000000272. The smallest absolute Gasteiger partial charge is 0.123 e. The van der Waals surface area contributed by atoms with Gasteiger partial charge in [0.05, 0.1) is 0 Å². The van der Waals surface area contributed by atoms with E-state index in [1.165, 1.54) is 71.8 Å². The van der Waals surface area contributed by atoms with E-state index in [4.69, 9.17) is 5.73 Å². The standard InChI is InChI=1S/C20H20FN.C8H15N.C3H6.C2H6/c1-12-10-13(2)19-17(11-12)18(14-4-3-5-14)20(22-19)15-6-8-16(21)9-7-15;1-6-3-4-8(5-6)7(2)9;1-3-2;1-2/h6-11,14,22H,3-5H2,1-2H3;6,8H,2-5,9H2,1H3;3H,1H2,2H3;1-2H3. The van der Waals surface area contributed by atoms with Gasteiger partial charge in [-0.25, -0.2) is 4.39 Å². The summed E-state index contributed by atoms with van der Waals surface area (Å²) in [5.74, 6) is 1.95. The average Bonchev–Trinajstić information content (AvgIpc) is 3.41. The summed E-state index contributed by atoms with van der Waals surface area (Å²) in [6.07, 6.45) is 9.43. The van der Waals surface area contributed by atoms with Gasteiger partial charge in [0.2, 0.25) is 0 Å². The first kappa shape index (κ1) is 29.4. The van der Waals surface area contributed by atoms with Gasteiger partial charge >= 0.3 is 0 Å². The molecule has 2 aromatic carbocycles. The average molecular weight is 491 g/mol. The molecule has 0 amide bonds. The molecule has 2 unspecified atom stereocenters. The van der Waals surface area contributed by atoms with E-state index in [0.29, 0.717) is 11.8 Å². The van der Waals surface area contributed by atoms with Crippen molar-refractivity contribution in [3.8, 4) is 11.3 Å². The molecule has 0 saturated heterocycles. The van der Waals surface area contributed by atoms with Crippen LogP contribution in [-0.2, 0) is 0 Å². The molecule has 3 aromatic rings. The minimum absolute atomic E-state index is 0.183. The Labute approximate surface area is 218 Å². The number of allylic oxidation sites excluding steroid dienone is 2. The number of nitrogens with two attached hydrogens (primary N) is 1. The molecule has 1 heterocycles. The van der Waals surface area contributed by atoms with Crippen LogP contribution < -0.4 is 5.73 Å². The first-order valence-electron chi connectivity index (χ1n) is 13.6. The summed E-state index contributed by atoms with van der Waals surface area (Å²) in [7, 11) is 0. The van der Waals surface area contributed by atoms with E-state index >= 15 is 0 Å². The van der Waals surface area contributed by atoms with E-state index in [9.17, 15) is 4.39 Å². The summed E-state index contributed by atoms with van der Waals surface area (Å²) in [6.45, 7) is 19.6. The third-order valence-electron chi connectivity index (χ3n) is 7.15. The molecule has 36 heavy (non-hydrogen) atoms. The predicted octanol–water partition coefficient (Wildman–Crippen LogP) is 9.97. The zero-order chi connectivity index (χ0) is 26.8. The van der Waals surface area contributed by atoms with Gasteiger partial charge in [-0.1, -0.05) is 57.9 Å². The molecule has 196 valence electrons. The number of aromatic amines is 1. The lowest BCUT2D eigenvalue weighted by molar-refractivity contribution is 0.423. The molecule has 2 fully saturated rings. The third kappa shape index (κ3) is 7.35. The van der Waals surface area contributed by atoms with E-state index in [-0.39, 0.29) is 5.82 Å². The maximum absolute atomic E-state index is 13.3. The molecule has 0 aliphatic heterocycles. The summed E-state index contributed by atoms with van der Waals surface area (Å²) in [5.41, 5.74) is 13.9. The van der Waals surface area contributed by atoms with Gasteiger partial charge in [0.25, 0.3) is 0 Å². The van der Waals surface area contributed by atoms with Crippen molar-refractivity contribution < 1.29 is 4.39 Å². The molecule has 0 radical (unpaired) electrons. The molecular formula is C33H47FN2. The van der Waals surface area contributed by atoms with E-state index in [0.717, 1.165) is 17.2 Å². The van der Waals surface area contributed by atoms with Crippen LogP contribution in [0.2, 0.25) is 0 Å². The maximum atomic E-state index is 13.3. The number of aryl methyl sites for hydroxylation is 2. The number of nitrogens with one attached hydrogen (secondary N) is 1. The Morgan fingerprint density at radius 3 is 2.11 bits per heavy atom. The number of hydrogen-bond acceptors (Lipinski definition) is 1. The molecular weight excluding hydrogens is 443 g/mol. The van der Waals surface area contributed by atoms with E-state index < -0.39 is 0 Å². The first-order valence-corrected chi connectivity index (χ1v) is 13.6. The van der Waals surface area contributed by atoms with Crippen LogP contribution in [0.1, 0.15) is 88.8 Å². The zero-order valence-corrected chi connectivity index (χ0v) is 23.4. The van der Waals surface area contributed by atoms with Crippen LogP contribution in [-0.4, -0.2) is 4.98 Å². The van der Waals surface area contributed by atoms with Crippen molar-refractivity contribution in [2.45, 2.75) is 86.0 Å². The van der Waals surface area contributed by atoms with E-state index in [1.807, 2.05) is 32.9 Å². The second-order valence-electron chi connectivity index (χ2n) is 10.2. The fourth-order valence-corrected chi connectivity index (χ4v) is 5.18. The lowest BCUT2D eigenvalue weighted by atomic mass is 9.78. The van der Waals surface area contributed by atoms with E-state index in [1.54, 1.807) is 18.2 Å². The highest BCUT2D eigenvalue weighted by atomic mass is 19.1. The Bertz CT molecular complexity index is 1120. The SMILES string of the molecule is C=C(N)C1CCC(C)C1.C=CC.CC.Cc1cc(C)c2[nH]c(-c3ccc(F)cc3)c(C3CCC3)c2c1. The first-order chi connectivity index (χ1) is 17.2. The highest BCUT2D eigenvalue weighted by Gasteiger charge is 2.27. The van der Waals surface area contributed by atoms with Crippen LogP contribution in [0.15, 0.2) is 61.3 Å². The van der Waals surface area contributed by atoms with E-state index in [2.05, 4.69) is 51.0 Å². The summed E-state index contributed by atoms with van der Waals surface area (Å²) in [4.78, 5) is 3.62. The maximum Gasteiger partial charge on any atom is 0.123 e. The van der Waals surface area contributed by atoms with Crippen LogP contribution in [0.5, 0.6) is 0 Å². The van der Waals surface area contributed by atoms with Crippen LogP contribution >= 0.6 is 0 Å². The summed E-state index contributed by atoms with van der Waals surface area (Å²) in [5, 5.41) is 1.35. The Kier molecular flexibility index (Phi) is 11.5. The molecule has 5 rings (SSSR count). The minimum Gasteiger partial charge on any atom is -0.402 e. The lowest BCUT2D eigenvalue weighted by Crippen LogP contribution is -2.09. The van der Waals surface area contributed by atoms with Crippen molar-refractivity contribution in [3.63, 3.8) is 0 Å². The van der Waals surface area contributed by atoms with Gasteiger partial charge in [0.15, 0.2) is 0 Å². The van der Waals surface area contributed by atoms with Crippen molar-refractivity contribution in [1.82, 2.24) is 4.98 Å². The lowest BCUT2D eigenvalue weighted by Gasteiger charge is -2.26. The molecule has 3 N–H and O–H groups in total. The van der Waals surface area contributed by atoms with Gasteiger partial charge in [0, 0.05) is 22.3 Å². The normalized spacial score (nSPS) is 18.5. The quantitative estimate of drug-likeness (QED) is 0.352. The molecule has 2 atom stereocenters. The summed E-state index contributed by atoms with van der Waals surface area (Å²) >= 11 is 0. The number of fused-ring (bicyclic) bond motifs is 1. The van der Waals surface area contributed by atoms with Crippen LogP contribution in [0.4, 0.5) is 4.39 Å². The van der Waals surface area contributed by atoms with Gasteiger partial charge < -0.3 is 10.7 Å². The van der Waals surface area contributed by atoms with Crippen LogP contribution in [0.3, 0.4) is 0 Å². The van der Waals surface area contributed by atoms with Gasteiger partial charge in [-0.05, 0) is 111 Å². The molecule has 3 heteroatoms. The topological polar surface area (TPSA) is 41.8 Å². The zero-order valence-electron chi connectivity index (χ0n) is 23.4. The Hall–Kier alpha value is -2.81. The number of rotatable bonds is 3. The van der Waals surface area contributed by atoms with Crippen molar-refractivity contribution in [2.75, 3.05) is 0 Å². The van der Waals surface area contributed by atoms with Crippen molar-refractivity contribution >= 4 is 10.9 Å². The molecule has 2 nitrogen and oxygen atoms in total. The highest BCUT2D eigenvalue weighted by molar-refractivity contribution is 5.94. The van der Waals surface area contributed by atoms with Crippen LogP contribution in [0, 0.1) is 31.5 Å². The van der Waals surface area contributed by atoms with Gasteiger partial charge in [-0.3, -0.25) is 0 Å². The number of H-pyrrole nitrogens is 1. The number of halogens is 1. The fourth-order valence-electron chi connectivity index (χ4n) is 5.18. The fraction of sp³-hybridized carbons (Fsp3) is 0.455. The molecule has 2 aliphatic carbocycles. The number of hydrogen-bond donors (Lipinski definition) is 2. The largest absolute Gasteiger partial charge is 0.402 e. The second-order valence-corrected chi connectivity index (χ2v) is 10.2. The van der Waals surface area contributed by atoms with Crippen molar-refractivity contribution in [1.29, 1.82) is 0 Å². The highest BCUT2D eigenvalue weighted by Crippen LogP contribution is 2.45. The Morgan fingerprint density at radius 2 is 1.67 bits per heavy atom. The third-order valence-corrected chi connectivity index (χ3v) is 7.15. The van der Waals surface area contributed by atoms with Crippen molar-refractivity contribution in [2.24, 2.45) is 17.6 Å². The number of benzene rings is 2. The predicted molar refractivity (Wildman–Crippen MR) is 157 cm³/mol. The molecule has 2 saturated carbocycles. The summed E-state index contributed by atoms with van der Waals surface area (Å²) in [6, 6.07) is 11.4. The second kappa shape index (κ2) is 14.1. The molecule has 0 spiro atoms. The molecule has 2 aliphatic rings. The van der Waals surface area contributed by atoms with Gasteiger partial charge in [-0.2, -0.15) is 0 Å². The van der Waals surface area contributed by atoms with Crippen LogP contribution in [0.25, 0.3) is 22.2 Å².